The summed E-state index contributed by atoms with van der Waals surface area (Å²) < 4.78 is 5.08. The zero-order valence-corrected chi connectivity index (χ0v) is 16.7. The van der Waals surface area contributed by atoms with Crippen LogP contribution in [0.3, 0.4) is 0 Å². The van der Waals surface area contributed by atoms with Crippen molar-refractivity contribution < 1.29 is 9.53 Å². The van der Waals surface area contributed by atoms with Crippen LogP contribution in [0.2, 0.25) is 0 Å². The number of nitrogens with one attached hydrogen (secondary N) is 2. The molecule has 0 radical (unpaired) electrons. The number of aryl methyl sites for hydroxylation is 2. The van der Waals surface area contributed by atoms with Crippen LogP contribution in [0.15, 0.2) is 24.5 Å². The predicted molar refractivity (Wildman–Crippen MR) is 107 cm³/mol. The SMILES string of the molecule is COCC(C)NC(=O)c1sc2ncnc(NCc3cccc(C)n3)c2c1C. The van der Waals surface area contributed by atoms with Gasteiger partial charge < -0.3 is 15.4 Å². The molecule has 8 heteroatoms. The molecule has 0 saturated heterocycles. The largest absolute Gasteiger partial charge is 0.383 e. The summed E-state index contributed by atoms with van der Waals surface area (Å²) in [5, 5.41) is 7.15. The van der Waals surface area contributed by atoms with Gasteiger partial charge in [0.25, 0.3) is 5.91 Å². The van der Waals surface area contributed by atoms with E-state index in [0.717, 1.165) is 27.2 Å². The minimum absolute atomic E-state index is 0.0665. The summed E-state index contributed by atoms with van der Waals surface area (Å²) in [7, 11) is 1.62. The second-order valence-electron chi connectivity index (χ2n) is 6.41. The van der Waals surface area contributed by atoms with Crippen molar-refractivity contribution in [3.8, 4) is 0 Å². The second kappa shape index (κ2) is 8.41. The van der Waals surface area contributed by atoms with Crippen LogP contribution in [0.4, 0.5) is 5.82 Å². The van der Waals surface area contributed by atoms with Gasteiger partial charge in [-0.3, -0.25) is 9.78 Å². The van der Waals surface area contributed by atoms with Crippen LogP contribution in [-0.2, 0) is 11.3 Å². The quantitative estimate of drug-likeness (QED) is 0.650. The molecule has 0 aliphatic rings. The average molecular weight is 385 g/mol. The van der Waals surface area contributed by atoms with E-state index in [1.165, 1.54) is 17.7 Å². The molecule has 0 bridgehead atoms. The lowest BCUT2D eigenvalue weighted by molar-refractivity contribution is 0.0909. The lowest BCUT2D eigenvalue weighted by Crippen LogP contribution is -2.35. The summed E-state index contributed by atoms with van der Waals surface area (Å²) >= 11 is 1.37. The van der Waals surface area contributed by atoms with Gasteiger partial charge >= 0.3 is 0 Å². The van der Waals surface area contributed by atoms with E-state index in [9.17, 15) is 4.79 Å². The van der Waals surface area contributed by atoms with E-state index < -0.39 is 0 Å². The number of ether oxygens (including phenoxy) is 1. The summed E-state index contributed by atoms with van der Waals surface area (Å²) in [5.74, 6) is 0.590. The molecule has 3 rings (SSSR count). The van der Waals surface area contributed by atoms with Crippen LogP contribution in [-0.4, -0.2) is 40.6 Å². The Morgan fingerprint density at radius 3 is 2.85 bits per heavy atom. The number of fused-ring (bicyclic) bond motifs is 1. The molecule has 0 fully saturated rings. The minimum Gasteiger partial charge on any atom is -0.383 e. The lowest BCUT2D eigenvalue weighted by Gasteiger charge is -2.12. The fraction of sp³-hybridized carbons (Fsp3) is 0.368. The number of carbonyl (C=O) groups excluding carboxylic acids is 1. The molecule has 0 aliphatic carbocycles. The standard InChI is InChI=1S/C19H23N5O2S/c1-11-6-5-7-14(23-11)8-20-17-15-13(3)16(27-19(15)22-10-21-17)18(25)24-12(2)9-26-4/h5-7,10,12H,8-9H2,1-4H3,(H,24,25)(H,20,21,22). The molecule has 3 aromatic rings. The molecule has 7 nitrogen and oxygen atoms in total. The Kier molecular flexibility index (Phi) is 5.98. The van der Waals surface area contributed by atoms with E-state index in [1.807, 2.05) is 39.0 Å². The Labute approximate surface area is 162 Å². The van der Waals surface area contributed by atoms with E-state index in [0.29, 0.717) is 23.8 Å². The van der Waals surface area contributed by atoms with Crippen molar-refractivity contribution >= 4 is 33.3 Å². The first-order chi connectivity index (χ1) is 13.0. The molecule has 1 unspecified atom stereocenters. The fourth-order valence-corrected chi connectivity index (χ4v) is 3.93. The molecule has 3 heterocycles. The van der Waals surface area contributed by atoms with Crippen molar-refractivity contribution in [2.45, 2.75) is 33.4 Å². The second-order valence-corrected chi connectivity index (χ2v) is 7.41. The molecule has 1 atom stereocenters. The van der Waals surface area contributed by atoms with E-state index in [4.69, 9.17) is 4.74 Å². The van der Waals surface area contributed by atoms with Crippen molar-refractivity contribution in [1.29, 1.82) is 0 Å². The first kappa shape index (κ1) is 19.2. The van der Waals surface area contributed by atoms with Crippen LogP contribution in [0, 0.1) is 13.8 Å². The zero-order valence-electron chi connectivity index (χ0n) is 15.9. The van der Waals surface area contributed by atoms with Crippen LogP contribution < -0.4 is 10.6 Å². The van der Waals surface area contributed by atoms with Crippen molar-refractivity contribution in [3.05, 3.63) is 46.4 Å². The summed E-state index contributed by atoms with van der Waals surface area (Å²) in [6, 6.07) is 5.84. The maximum Gasteiger partial charge on any atom is 0.262 e. The maximum atomic E-state index is 12.6. The predicted octanol–water partition coefficient (Wildman–Crippen LogP) is 3.08. The van der Waals surface area contributed by atoms with Crippen molar-refractivity contribution in [3.63, 3.8) is 0 Å². The molecular weight excluding hydrogens is 362 g/mol. The fourth-order valence-electron chi connectivity index (χ4n) is 2.88. The summed E-state index contributed by atoms with van der Waals surface area (Å²) in [4.78, 5) is 27.2. The van der Waals surface area contributed by atoms with E-state index in [1.54, 1.807) is 7.11 Å². The van der Waals surface area contributed by atoms with Gasteiger partial charge in [-0.25, -0.2) is 9.97 Å². The van der Waals surface area contributed by atoms with Gasteiger partial charge in [0, 0.05) is 18.8 Å². The molecule has 3 aromatic heterocycles. The van der Waals surface area contributed by atoms with Gasteiger partial charge in [0.2, 0.25) is 0 Å². The van der Waals surface area contributed by atoms with Crippen LogP contribution in [0.5, 0.6) is 0 Å². The Morgan fingerprint density at radius 1 is 1.30 bits per heavy atom. The first-order valence-electron chi connectivity index (χ1n) is 8.70. The number of hydrogen-bond donors (Lipinski definition) is 2. The monoisotopic (exact) mass is 385 g/mol. The maximum absolute atomic E-state index is 12.6. The Morgan fingerprint density at radius 2 is 2.11 bits per heavy atom. The normalized spacial score (nSPS) is 12.1. The zero-order chi connectivity index (χ0) is 19.4. The van der Waals surface area contributed by atoms with Crippen molar-refractivity contribution in [2.24, 2.45) is 0 Å². The van der Waals surface area contributed by atoms with Gasteiger partial charge in [0.05, 0.1) is 29.1 Å². The van der Waals surface area contributed by atoms with Gasteiger partial charge in [0.15, 0.2) is 0 Å². The molecule has 1 amide bonds. The lowest BCUT2D eigenvalue weighted by atomic mass is 10.2. The van der Waals surface area contributed by atoms with Crippen molar-refractivity contribution in [2.75, 3.05) is 19.0 Å². The minimum atomic E-state index is -0.119. The topological polar surface area (TPSA) is 89.0 Å². The first-order valence-corrected chi connectivity index (χ1v) is 9.51. The highest BCUT2D eigenvalue weighted by Gasteiger charge is 2.20. The highest BCUT2D eigenvalue weighted by atomic mass is 32.1. The summed E-state index contributed by atoms with van der Waals surface area (Å²) in [5.41, 5.74) is 2.77. The highest BCUT2D eigenvalue weighted by molar-refractivity contribution is 7.20. The number of methoxy groups -OCH3 is 1. The number of thiophene rings is 1. The smallest absolute Gasteiger partial charge is 0.262 e. The Bertz CT molecular complexity index is 956. The number of carbonyl (C=O) groups is 1. The van der Waals surface area contributed by atoms with Crippen LogP contribution in [0.25, 0.3) is 10.2 Å². The molecule has 0 spiro atoms. The van der Waals surface area contributed by atoms with Gasteiger partial charge in [-0.05, 0) is 38.5 Å². The third kappa shape index (κ3) is 4.40. The third-order valence-electron chi connectivity index (χ3n) is 4.11. The third-order valence-corrected chi connectivity index (χ3v) is 5.31. The number of hydrogen-bond acceptors (Lipinski definition) is 7. The Hall–Kier alpha value is -2.58. The number of amides is 1. The molecule has 2 N–H and O–H groups in total. The average Bonchev–Trinajstić information content (AvgIpc) is 2.98. The summed E-state index contributed by atoms with van der Waals surface area (Å²) in [6.07, 6.45) is 1.51. The van der Waals surface area contributed by atoms with E-state index >= 15 is 0 Å². The van der Waals surface area contributed by atoms with Gasteiger partial charge in [-0.15, -0.1) is 11.3 Å². The van der Waals surface area contributed by atoms with E-state index in [-0.39, 0.29) is 11.9 Å². The Balaban J connectivity index is 1.85. The molecule has 27 heavy (non-hydrogen) atoms. The molecular formula is C19H23N5O2S. The number of pyridine rings is 1. The molecule has 142 valence electrons. The molecule has 0 aliphatic heterocycles. The number of anilines is 1. The molecule has 0 aromatic carbocycles. The number of aromatic nitrogens is 3. The van der Waals surface area contributed by atoms with Gasteiger partial charge in [-0.1, -0.05) is 6.07 Å². The number of rotatable bonds is 7. The van der Waals surface area contributed by atoms with Gasteiger partial charge in [-0.2, -0.15) is 0 Å². The van der Waals surface area contributed by atoms with Crippen molar-refractivity contribution in [1.82, 2.24) is 20.3 Å². The number of nitrogens with zero attached hydrogens (tertiary/aromatic N) is 3. The van der Waals surface area contributed by atoms with Crippen LogP contribution in [0.1, 0.15) is 33.5 Å². The summed E-state index contributed by atoms with van der Waals surface area (Å²) in [6.45, 7) is 6.81. The molecule has 0 saturated carbocycles. The van der Waals surface area contributed by atoms with Crippen LogP contribution >= 0.6 is 11.3 Å². The van der Waals surface area contributed by atoms with Gasteiger partial charge in [0.1, 0.15) is 17.0 Å². The van der Waals surface area contributed by atoms with E-state index in [2.05, 4.69) is 25.6 Å². The highest BCUT2D eigenvalue weighted by Crippen LogP contribution is 2.33.